The quantitative estimate of drug-likeness (QED) is 0.774. The summed E-state index contributed by atoms with van der Waals surface area (Å²) in [6.45, 7) is 3.42. The van der Waals surface area contributed by atoms with Crippen LogP contribution < -0.4 is 5.73 Å². The fourth-order valence-corrected chi connectivity index (χ4v) is 1.84. The maximum absolute atomic E-state index is 13.3. The maximum atomic E-state index is 13.3. The van der Waals surface area contributed by atoms with Crippen LogP contribution in [0.2, 0.25) is 5.02 Å². The molecule has 0 radical (unpaired) electrons. The van der Waals surface area contributed by atoms with Gasteiger partial charge in [-0.2, -0.15) is 0 Å². The van der Waals surface area contributed by atoms with E-state index in [4.69, 9.17) is 17.3 Å². The Hall–Kier alpha value is -0.120. The van der Waals surface area contributed by atoms with E-state index in [0.717, 1.165) is 0 Å². The average molecular weight is 267 g/mol. The molecular formula is C9H10BrClFN. The van der Waals surface area contributed by atoms with Crippen molar-refractivity contribution in [2.45, 2.75) is 19.4 Å². The van der Waals surface area contributed by atoms with E-state index in [1.165, 1.54) is 6.07 Å². The Labute approximate surface area is 90.2 Å². The lowest BCUT2D eigenvalue weighted by Gasteiger charge is -2.21. The molecule has 0 heterocycles. The maximum Gasteiger partial charge on any atom is 0.129 e. The largest absolute Gasteiger partial charge is 0.322 e. The molecule has 0 atom stereocenters. The van der Waals surface area contributed by atoms with Gasteiger partial charge >= 0.3 is 0 Å². The van der Waals surface area contributed by atoms with Gasteiger partial charge in [0.2, 0.25) is 0 Å². The first-order valence-electron chi connectivity index (χ1n) is 3.77. The number of rotatable bonds is 1. The van der Waals surface area contributed by atoms with Gasteiger partial charge in [0.15, 0.2) is 0 Å². The van der Waals surface area contributed by atoms with Crippen LogP contribution in [-0.2, 0) is 5.54 Å². The van der Waals surface area contributed by atoms with E-state index in [1.54, 1.807) is 19.9 Å². The summed E-state index contributed by atoms with van der Waals surface area (Å²) in [5, 5.41) is 0.340. The van der Waals surface area contributed by atoms with Crippen LogP contribution in [0.5, 0.6) is 0 Å². The van der Waals surface area contributed by atoms with Crippen molar-refractivity contribution in [3.05, 3.63) is 33.0 Å². The summed E-state index contributed by atoms with van der Waals surface area (Å²) in [4.78, 5) is 0. The van der Waals surface area contributed by atoms with E-state index in [0.29, 0.717) is 15.1 Å². The van der Waals surface area contributed by atoms with Crippen LogP contribution in [0.4, 0.5) is 4.39 Å². The summed E-state index contributed by atoms with van der Waals surface area (Å²) < 4.78 is 14.0. The predicted octanol–water partition coefficient (Wildman–Crippen LogP) is 3.44. The van der Waals surface area contributed by atoms with Gasteiger partial charge in [0, 0.05) is 15.6 Å². The van der Waals surface area contributed by atoms with Gasteiger partial charge in [-0.15, -0.1) is 0 Å². The second-order valence-electron chi connectivity index (χ2n) is 3.44. The molecule has 0 amide bonds. The van der Waals surface area contributed by atoms with Gasteiger partial charge in [-0.1, -0.05) is 11.6 Å². The molecule has 0 bridgehead atoms. The topological polar surface area (TPSA) is 26.0 Å². The highest BCUT2D eigenvalue weighted by atomic mass is 79.9. The Balaban J connectivity index is 3.43. The van der Waals surface area contributed by atoms with Crippen LogP contribution >= 0.6 is 27.5 Å². The third kappa shape index (κ3) is 2.22. The molecule has 0 spiro atoms. The first kappa shape index (κ1) is 11.0. The molecule has 0 saturated carbocycles. The molecule has 1 aromatic rings. The summed E-state index contributed by atoms with van der Waals surface area (Å²) in [6.07, 6.45) is 0. The van der Waals surface area contributed by atoms with Crippen molar-refractivity contribution in [3.63, 3.8) is 0 Å². The van der Waals surface area contributed by atoms with Gasteiger partial charge in [-0.3, -0.25) is 0 Å². The number of hydrogen-bond donors (Lipinski definition) is 1. The first-order chi connectivity index (χ1) is 5.84. The highest BCUT2D eigenvalue weighted by Crippen LogP contribution is 2.33. The highest BCUT2D eigenvalue weighted by Gasteiger charge is 2.23. The average Bonchev–Trinajstić information content (AvgIpc) is 1.95. The standard InChI is InChI=1S/C9H10BrClFN/c1-9(2,13)7-6(12)4-3-5(10)8(7)11/h3-4H,13H2,1-2H3. The fraction of sp³-hybridized carbons (Fsp3) is 0.333. The third-order valence-electron chi connectivity index (χ3n) is 1.69. The lowest BCUT2D eigenvalue weighted by Crippen LogP contribution is -2.30. The first-order valence-corrected chi connectivity index (χ1v) is 4.94. The molecule has 0 aliphatic carbocycles. The Morgan fingerprint density at radius 3 is 2.38 bits per heavy atom. The molecule has 0 aromatic heterocycles. The molecule has 2 N–H and O–H groups in total. The fourth-order valence-electron chi connectivity index (χ4n) is 1.12. The van der Waals surface area contributed by atoms with Gasteiger partial charge in [0.05, 0.1) is 5.02 Å². The normalized spacial score (nSPS) is 11.8. The van der Waals surface area contributed by atoms with Crippen molar-refractivity contribution in [1.82, 2.24) is 0 Å². The van der Waals surface area contributed by atoms with Gasteiger partial charge in [-0.25, -0.2) is 4.39 Å². The van der Waals surface area contributed by atoms with Crippen LogP contribution in [-0.4, -0.2) is 0 Å². The predicted molar refractivity (Wildman–Crippen MR) is 56.3 cm³/mol. The monoisotopic (exact) mass is 265 g/mol. The summed E-state index contributed by atoms with van der Waals surface area (Å²) >= 11 is 9.13. The molecule has 0 fully saturated rings. The number of hydrogen-bond acceptors (Lipinski definition) is 1. The zero-order valence-corrected chi connectivity index (χ0v) is 9.71. The minimum atomic E-state index is -0.773. The van der Waals surface area contributed by atoms with Crippen LogP contribution in [0.15, 0.2) is 16.6 Å². The SMILES string of the molecule is CC(C)(N)c1c(F)ccc(Br)c1Cl. The zero-order chi connectivity index (χ0) is 10.2. The van der Waals surface area contributed by atoms with E-state index < -0.39 is 5.54 Å². The van der Waals surface area contributed by atoms with E-state index in [2.05, 4.69) is 15.9 Å². The number of nitrogens with two attached hydrogens (primary N) is 1. The van der Waals surface area contributed by atoms with Crippen molar-refractivity contribution in [2.24, 2.45) is 5.73 Å². The van der Waals surface area contributed by atoms with Crippen LogP contribution in [0.25, 0.3) is 0 Å². The second-order valence-corrected chi connectivity index (χ2v) is 4.67. The van der Waals surface area contributed by atoms with Crippen molar-refractivity contribution in [1.29, 1.82) is 0 Å². The molecule has 0 aliphatic rings. The van der Waals surface area contributed by atoms with Crippen molar-refractivity contribution in [3.8, 4) is 0 Å². The molecule has 0 saturated heterocycles. The van der Waals surface area contributed by atoms with Crippen LogP contribution in [0, 0.1) is 5.82 Å². The minimum Gasteiger partial charge on any atom is -0.322 e. The summed E-state index contributed by atoms with van der Waals surface area (Å²) in [7, 11) is 0. The molecule has 0 unspecified atom stereocenters. The van der Waals surface area contributed by atoms with E-state index >= 15 is 0 Å². The lowest BCUT2D eigenvalue weighted by atomic mass is 9.95. The van der Waals surface area contributed by atoms with Gasteiger partial charge < -0.3 is 5.73 Å². The summed E-state index contributed by atoms with van der Waals surface area (Å²) in [6, 6.07) is 2.91. The Morgan fingerprint density at radius 1 is 1.46 bits per heavy atom. The molecule has 13 heavy (non-hydrogen) atoms. The van der Waals surface area contributed by atoms with Crippen molar-refractivity contribution in [2.75, 3.05) is 0 Å². The lowest BCUT2D eigenvalue weighted by molar-refractivity contribution is 0.501. The zero-order valence-electron chi connectivity index (χ0n) is 7.37. The Kier molecular flexibility index (Phi) is 3.00. The van der Waals surface area contributed by atoms with Crippen LogP contribution in [0.3, 0.4) is 0 Å². The van der Waals surface area contributed by atoms with E-state index in [1.807, 2.05) is 0 Å². The van der Waals surface area contributed by atoms with E-state index in [-0.39, 0.29) is 5.82 Å². The molecule has 1 rings (SSSR count). The molecule has 72 valence electrons. The summed E-state index contributed by atoms with van der Waals surface area (Å²) in [5.41, 5.74) is 5.35. The van der Waals surface area contributed by atoms with Gasteiger partial charge in [0.1, 0.15) is 5.82 Å². The number of halogens is 3. The van der Waals surface area contributed by atoms with Gasteiger partial charge in [-0.05, 0) is 41.9 Å². The Bertz CT molecular complexity index is 333. The van der Waals surface area contributed by atoms with Gasteiger partial charge in [0.25, 0.3) is 0 Å². The summed E-state index contributed by atoms with van der Waals surface area (Å²) in [5.74, 6) is -0.374. The third-order valence-corrected chi connectivity index (χ3v) is 2.97. The van der Waals surface area contributed by atoms with Crippen molar-refractivity contribution >= 4 is 27.5 Å². The smallest absolute Gasteiger partial charge is 0.129 e. The second kappa shape index (κ2) is 3.56. The molecular weight excluding hydrogens is 256 g/mol. The number of benzene rings is 1. The highest BCUT2D eigenvalue weighted by molar-refractivity contribution is 9.10. The molecule has 1 aromatic carbocycles. The van der Waals surface area contributed by atoms with E-state index in [9.17, 15) is 4.39 Å². The van der Waals surface area contributed by atoms with Crippen LogP contribution in [0.1, 0.15) is 19.4 Å². The van der Waals surface area contributed by atoms with Crippen molar-refractivity contribution < 1.29 is 4.39 Å². The molecule has 1 nitrogen and oxygen atoms in total. The minimum absolute atomic E-state index is 0.337. The molecule has 4 heteroatoms. The molecule has 0 aliphatic heterocycles. The Morgan fingerprint density at radius 2 is 2.00 bits per heavy atom.